The maximum atomic E-state index is 11.7. The Morgan fingerprint density at radius 2 is 1.96 bits per heavy atom. The number of aromatic nitrogens is 2. The summed E-state index contributed by atoms with van der Waals surface area (Å²) < 4.78 is 5.41. The number of aliphatic hydroxyl groups excluding tert-OH is 1. The lowest BCUT2D eigenvalue weighted by molar-refractivity contribution is 0.211. The maximum Gasteiger partial charge on any atom is 0.227 e. The highest BCUT2D eigenvalue weighted by Gasteiger charge is 2.20. The summed E-state index contributed by atoms with van der Waals surface area (Å²) in [5.41, 5.74) is -0.533. The number of hydrogen-bond acceptors (Lipinski definition) is 8. The van der Waals surface area contributed by atoms with Crippen LogP contribution >= 0.6 is 0 Å². The van der Waals surface area contributed by atoms with E-state index in [1.807, 2.05) is 0 Å². The van der Waals surface area contributed by atoms with Crippen molar-refractivity contribution in [3.63, 3.8) is 0 Å². The molecule has 0 aromatic carbocycles. The standard InChI is InChI=1S/C16H20N4O4/c21-11-12-9-13(22)15(23)14(24-12)10-19-5-2-6-20(8-7-19)16-17-3-1-4-18-16/h1,3-4,9,21,23H,2,5-8,10-11H2. The SMILES string of the molecule is O=c1cc(CO)oc(CN2CCCN(c3ncccn3)CC2)c1O. The van der Waals surface area contributed by atoms with Gasteiger partial charge in [-0.25, -0.2) is 9.97 Å². The monoisotopic (exact) mass is 332 g/mol. The normalized spacial score (nSPS) is 16.1. The number of hydrogen-bond donors (Lipinski definition) is 2. The minimum Gasteiger partial charge on any atom is -0.502 e. The van der Waals surface area contributed by atoms with Crippen LogP contribution in [0, 0.1) is 0 Å². The first-order chi connectivity index (χ1) is 11.7. The number of nitrogens with zero attached hydrogens (tertiary/aromatic N) is 4. The zero-order valence-electron chi connectivity index (χ0n) is 13.3. The Morgan fingerprint density at radius 3 is 2.71 bits per heavy atom. The molecule has 0 saturated carbocycles. The quantitative estimate of drug-likeness (QED) is 0.826. The van der Waals surface area contributed by atoms with Gasteiger partial charge in [0, 0.05) is 44.6 Å². The van der Waals surface area contributed by atoms with Crippen molar-refractivity contribution in [3.8, 4) is 5.75 Å². The first-order valence-electron chi connectivity index (χ1n) is 7.87. The largest absolute Gasteiger partial charge is 0.502 e. The highest BCUT2D eigenvalue weighted by atomic mass is 16.4. The molecule has 0 radical (unpaired) electrons. The van der Waals surface area contributed by atoms with Crippen LogP contribution in [0.3, 0.4) is 0 Å². The summed E-state index contributed by atoms with van der Waals surface area (Å²) in [7, 11) is 0. The number of aromatic hydroxyl groups is 1. The van der Waals surface area contributed by atoms with Crippen LogP contribution in [-0.4, -0.2) is 51.3 Å². The Bertz CT molecular complexity index is 735. The minimum atomic E-state index is -0.533. The average molecular weight is 332 g/mol. The topological polar surface area (TPSA) is 103 Å². The van der Waals surface area contributed by atoms with Crippen LogP contribution in [-0.2, 0) is 13.2 Å². The fourth-order valence-electron chi connectivity index (χ4n) is 2.76. The van der Waals surface area contributed by atoms with Gasteiger partial charge in [-0.05, 0) is 12.5 Å². The highest BCUT2D eigenvalue weighted by molar-refractivity contribution is 5.29. The van der Waals surface area contributed by atoms with Crippen LogP contribution in [0.25, 0.3) is 0 Å². The van der Waals surface area contributed by atoms with Crippen LogP contribution in [0.2, 0.25) is 0 Å². The molecule has 8 nitrogen and oxygen atoms in total. The zero-order chi connectivity index (χ0) is 16.9. The second kappa shape index (κ2) is 7.41. The van der Waals surface area contributed by atoms with E-state index in [0.717, 1.165) is 38.7 Å². The predicted octanol–water partition coefficient (Wildman–Crippen LogP) is 0.340. The molecule has 0 unspecified atom stereocenters. The Labute approximate surface area is 139 Å². The van der Waals surface area contributed by atoms with E-state index in [-0.39, 0.29) is 23.9 Å². The van der Waals surface area contributed by atoms with E-state index >= 15 is 0 Å². The van der Waals surface area contributed by atoms with Gasteiger partial charge in [-0.2, -0.15) is 0 Å². The molecule has 1 saturated heterocycles. The molecule has 1 aliphatic rings. The third kappa shape index (κ3) is 3.72. The Hall–Kier alpha value is -2.45. The molecule has 0 atom stereocenters. The van der Waals surface area contributed by atoms with Gasteiger partial charge in [0.1, 0.15) is 12.4 Å². The van der Waals surface area contributed by atoms with Crippen molar-refractivity contribution in [1.82, 2.24) is 14.9 Å². The summed E-state index contributed by atoms with van der Waals surface area (Å²) in [6, 6.07) is 2.89. The molecular weight excluding hydrogens is 312 g/mol. The Balaban J connectivity index is 1.69. The summed E-state index contributed by atoms with van der Waals surface area (Å²) in [5.74, 6) is 0.661. The van der Waals surface area contributed by atoms with Gasteiger partial charge < -0.3 is 19.5 Å². The molecule has 0 spiro atoms. The molecule has 1 aliphatic heterocycles. The third-order valence-electron chi connectivity index (χ3n) is 3.99. The molecule has 3 rings (SSSR count). The molecule has 128 valence electrons. The van der Waals surface area contributed by atoms with Crippen LogP contribution in [0.1, 0.15) is 17.9 Å². The van der Waals surface area contributed by atoms with Gasteiger partial charge in [-0.15, -0.1) is 0 Å². The van der Waals surface area contributed by atoms with Gasteiger partial charge in [-0.1, -0.05) is 0 Å². The van der Waals surface area contributed by atoms with E-state index in [9.17, 15) is 9.90 Å². The lowest BCUT2D eigenvalue weighted by atomic mass is 10.3. The van der Waals surface area contributed by atoms with E-state index in [2.05, 4.69) is 19.8 Å². The summed E-state index contributed by atoms with van der Waals surface area (Å²) in [6.07, 6.45) is 4.35. The van der Waals surface area contributed by atoms with Crippen molar-refractivity contribution >= 4 is 5.95 Å². The van der Waals surface area contributed by atoms with E-state index in [1.54, 1.807) is 18.5 Å². The third-order valence-corrected chi connectivity index (χ3v) is 3.99. The molecule has 24 heavy (non-hydrogen) atoms. The predicted molar refractivity (Wildman–Crippen MR) is 86.7 cm³/mol. The summed E-state index contributed by atoms with van der Waals surface area (Å²) >= 11 is 0. The Morgan fingerprint density at radius 1 is 1.17 bits per heavy atom. The van der Waals surface area contributed by atoms with E-state index in [1.165, 1.54) is 0 Å². The van der Waals surface area contributed by atoms with Gasteiger partial charge in [0.15, 0.2) is 5.76 Å². The second-order valence-electron chi connectivity index (χ2n) is 5.67. The second-order valence-corrected chi connectivity index (χ2v) is 5.67. The van der Waals surface area contributed by atoms with E-state index in [0.29, 0.717) is 12.5 Å². The minimum absolute atomic E-state index is 0.155. The smallest absolute Gasteiger partial charge is 0.227 e. The van der Waals surface area contributed by atoms with Crippen LogP contribution in [0.15, 0.2) is 33.7 Å². The lowest BCUT2D eigenvalue weighted by Gasteiger charge is -2.21. The van der Waals surface area contributed by atoms with Crippen molar-refractivity contribution in [2.24, 2.45) is 0 Å². The Kier molecular flexibility index (Phi) is 5.07. The van der Waals surface area contributed by atoms with Crippen molar-refractivity contribution in [2.45, 2.75) is 19.6 Å². The van der Waals surface area contributed by atoms with Crippen LogP contribution in [0.5, 0.6) is 5.75 Å². The molecule has 0 bridgehead atoms. The zero-order valence-corrected chi connectivity index (χ0v) is 13.3. The first-order valence-corrected chi connectivity index (χ1v) is 7.87. The van der Waals surface area contributed by atoms with Gasteiger partial charge in [0.2, 0.25) is 17.1 Å². The molecule has 3 heterocycles. The molecule has 2 aromatic rings. The summed E-state index contributed by atoms with van der Waals surface area (Å²) in [5, 5.41) is 19.0. The molecule has 0 aliphatic carbocycles. The van der Waals surface area contributed by atoms with E-state index in [4.69, 9.17) is 9.52 Å². The van der Waals surface area contributed by atoms with Crippen molar-refractivity contribution in [1.29, 1.82) is 0 Å². The first kappa shape index (κ1) is 16.4. The average Bonchev–Trinajstić information content (AvgIpc) is 2.85. The fourth-order valence-corrected chi connectivity index (χ4v) is 2.76. The fraction of sp³-hybridized carbons (Fsp3) is 0.438. The van der Waals surface area contributed by atoms with Gasteiger partial charge in [-0.3, -0.25) is 9.69 Å². The number of aliphatic hydroxyl groups is 1. The molecule has 2 aromatic heterocycles. The van der Waals surface area contributed by atoms with E-state index < -0.39 is 5.43 Å². The lowest BCUT2D eigenvalue weighted by Crippen LogP contribution is -2.31. The molecule has 1 fully saturated rings. The molecule has 2 N–H and O–H groups in total. The summed E-state index contributed by atoms with van der Waals surface area (Å²) in [4.78, 5) is 24.5. The number of rotatable bonds is 4. The van der Waals surface area contributed by atoms with Gasteiger partial charge >= 0.3 is 0 Å². The van der Waals surface area contributed by atoms with Crippen molar-refractivity contribution in [3.05, 3.63) is 46.3 Å². The van der Waals surface area contributed by atoms with Crippen molar-refractivity contribution < 1.29 is 14.6 Å². The van der Waals surface area contributed by atoms with Crippen LogP contribution in [0.4, 0.5) is 5.95 Å². The molecular formula is C16H20N4O4. The van der Waals surface area contributed by atoms with Crippen LogP contribution < -0.4 is 10.3 Å². The maximum absolute atomic E-state index is 11.7. The number of anilines is 1. The molecule has 0 amide bonds. The molecule has 8 heteroatoms. The van der Waals surface area contributed by atoms with Crippen molar-refractivity contribution in [2.75, 3.05) is 31.1 Å². The van der Waals surface area contributed by atoms with Gasteiger partial charge in [0.05, 0.1) is 6.54 Å². The summed E-state index contributed by atoms with van der Waals surface area (Å²) in [6.45, 7) is 3.06. The van der Waals surface area contributed by atoms with Gasteiger partial charge in [0.25, 0.3) is 0 Å². The highest BCUT2D eigenvalue weighted by Crippen LogP contribution is 2.18.